The molecule has 0 saturated carbocycles. The van der Waals surface area contributed by atoms with E-state index in [1.54, 1.807) is 47.7 Å². The maximum absolute atomic E-state index is 12.7. The highest BCUT2D eigenvalue weighted by Gasteiger charge is 2.20. The molecule has 0 spiro atoms. The van der Waals surface area contributed by atoms with E-state index in [4.69, 9.17) is 9.26 Å². The number of rotatable bonds is 7. The number of nitriles is 1. The van der Waals surface area contributed by atoms with Gasteiger partial charge in [0.2, 0.25) is 0 Å². The number of hydrogen-bond donors (Lipinski definition) is 1. The van der Waals surface area contributed by atoms with Gasteiger partial charge in [0.15, 0.2) is 10.9 Å². The fourth-order valence-corrected chi connectivity index (χ4v) is 5.04. The summed E-state index contributed by atoms with van der Waals surface area (Å²) < 4.78 is 40.4. The highest BCUT2D eigenvalue weighted by atomic mass is 32.2. The lowest BCUT2D eigenvalue weighted by molar-refractivity contribution is 0.420. The van der Waals surface area contributed by atoms with Crippen LogP contribution in [-0.4, -0.2) is 33.3 Å². The van der Waals surface area contributed by atoms with Crippen LogP contribution in [0, 0.1) is 11.3 Å². The molecule has 0 aliphatic rings. The molecule has 5 rings (SSSR count). The monoisotopic (exact) mass is 505 g/mol. The van der Waals surface area contributed by atoms with Crippen molar-refractivity contribution in [2.45, 2.75) is 4.90 Å². The Morgan fingerprint density at radius 3 is 2.71 bits per heavy atom. The number of sulfonamides is 1. The lowest BCUT2D eigenvalue weighted by Gasteiger charge is -2.14. The van der Waals surface area contributed by atoms with E-state index >= 15 is 0 Å². The minimum atomic E-state index is -3.93. The van der Waals surface area contributed by atoms with Crippen LogP contribution in [0.2, 0.25) is 0 Å². The summed E-state index contributed by atoms with van der Waals surface area (Å²) in [4.78, 5) is 8.52. The van der Waals surface area contributed by atoms with Crippen LogP contribution in [0.15, 0.2) is 76.1 Å². The van der Waals surface area contributed by atoms with E-state index in [2.05, 4.69) is 24.9 Å². The van der Waals surface area contributed by atoms with Crippen LogP contribution >= 0.6 is 11.3 Å². The Labute approximate surface area is 203 Å². The van der Waals surface area contributed by atoms with Crippen LogP contribution < -0.4 is 9.46 Å². The van der Waals surface area contributed by atoms with Crippen LogP contribution in [0.25, 0.3) is 22.6 Å². The largest absolute Gasteiger partial charge is 0.454 e. The summed E-state index contributed by atoms with van der Waals surface area (Å²) >= 11 is 1.15. The first-order valence-electron chi connectivity index (χ1n) is 9.98. The molecule has 0 aliphatic carbocycles. The van der Waals surface area contributed by atoms with Crippen LogP contribution in [0.1, 0.15) is 5.56 Å². The summed E-state index contributed by atoms with van der Waals surface area (Å²) in [7, 11) is -2.17. The summed E-state index contributed by atoms with van der Waals surface area (Å²) in [5.41, 5.74) is 2.45. The second-order valence-corrected chi connectivity index (χ2v) is 9.69. The fourth-order valence-electron chi connectivity index (χ4n) is 3.23. The molecule has 0 unspecified atom stereocenters. The number of nitrogens with zero attached hydrogens (tertiary/aromatic N) is 6. The molecule has 4 aromatic heterocycles. The minimum absolute atomic E-state index is 0.0334. The fraction of sp³-hybridized carbons (Fsp3) is 0.0455. The van der Waals surface area contributed by atoms with Gasteiger partial charge in [-0.3, -0.25) is 9.40 Å². The van der Waals surface area contributed by atoms with Gasteiger partial charge in [0.05, 0.1) is 33.6 Å². The smallest absolute Gasteiger partial charge is 0.263 e. The lowest BCUT2D eigenvalue weighted by Crippen LogP contribution is -2.13. The molecule has 0 aliphatic heterocycles. The number of nitrogens with one attached hydrogen (secondary N) is 1. The average Bonchev–Trinajstić information content (AvgIpc) is 3.63. The molecule has 1 N–H and O–H groups in total. The van der Waals surface area contributed by atoms with Crippen molar-refractivity contribution in [3.8, 4) is 40.2 Å². The summed E-state index contributed by atoms with van der Waals surface area (Å²) in [6.45, 7) is 0. The predicted octanol–water partition coefficient (Wildman–Crippen LogP) is 4.06. The van der Waals surface area contributed by atoms with Crippen molar-refractivity contribution in [3.05, 3.63) is 72.2 Å². The molecule has 0 atom stereocenters. The molecule has 4 heterocycles. The van der Waals surface area contributed by atoms with Gasteiger partial charge in [0.1, 0.15) is 23.8 Å². The molecule has 13 heteroatoms. The number of benzene rings is 1. The predicted molar refractivity (Wildman–Crippen MR) is 126 cm³/mol. The second kappa shape index (κ2) is 9.01. The maximum Gasteiger partial charge on any atom is 0.263 e. The highest BCUT2D eigenvalue weighted by Crippen LogP contribution is 2.35. The van der Waals surface area contributed by atoms with E-state index in [0.717, 1.165) is 11.3 Å². The quantitative estimate of drug-likeness (QED) is 0.345. The molecule has 0 amide bonds. The summed E-state index contributed by atoms with van der Waals surface area (Å²) in [5, 5.41) is 19.5. The highest BCUT2D eigenvalue weighted by molar-refractivity contribution is 7.93. The van der Waals surface area contributed by atoms with Crippen molar-refractivity contribution in [2.75, 3.05) is 4.72 Å². The van der Waals surface area contributed by atoms with Crippen LogP contribution in [0.3, 0.4) is 0 Å². The van der Waals surface area contributed by atoms with Gasteiger partial charge in [-0.2, -0.15) is 10.4 Å². The molecule has 1 aromatic carbocycles. The van der Waals surface area contributed by atoms with Gasteiger partial charge in [-0.25, -0.2) is 18.4 Å². The van der Waals surface area contributed by atoms with Crippen LogP contribution in [0.5, 0.6) is 11.5 Å². The van der Waals surface area contributed by atoms with Gasteiger partial charge >= 0.3 is 0 Å². The van der Waals surface area contributed by atoms with E-state index in [1.165, 1.54) is 30.7 Å². The molecule has 0 saturated heterocycles. The third-order valence-electron chi connectivity index (χ3n) is 4.91. The summed E-state index contributed by atoms with van der Waals surface area (Å²) in [6, 6.07) is 11.2. The van der Waals surface area contributed by atoms with Crippen molar-refractivity contribution in [1.29, 1.82) is 5.26 Å². The van der Waals surface area contributed by atoms with Crippen molar-refractivity contribution >= 4 is 26.5 Å². The molecule has 0 fully saturated rings. The zero-order valence-corrected chi connectivity index (χ0v) is 19.6. The molecule has 5 aromatic rings. The summed E-state index contributed by atoms with van der Waals surface area (Å²) in [6.07, 6.45) is 6.14. The Kier molecular flexibility index (Phi) is 5.73. The number of pyridine rings is 1. The molecule has 35 heavy (non-hydrogen) atoms. The zero-order valence-electron chi connectivity index (χ0n) is 18.0. The van der Waals surface area contributed by atoms with Gasteiger partial charge in [0.25, 0.3) is 10.0 Å². The Balaban J connectivity index is 1.52. The molecular weight excluding hydrogens is 490 g/mol. The van der Waals surface area contributed by atoms with Crippen molar-refractivity contribution in [3.63, 3.8) is 0 Å². The van der Waals surface area contributed by atoms with Gasteiger partial charge in [-0.05, 0) is 36.4 Å². The molecule has 11 nitrogen and oxygen atoms in total. The third-order valence-corrected chi connectivity index (χ3v) is 7.06. The van der Waals surface area contributed by atoms with Crippen molar-refractivity contribution in [2.24, 2.45) is 7.05 Å². The first-order chi connectivity index (χ1) is 16.9. The third kappa shape index (κ3) is 4.47. The van der Waals surface area contributed by atoms with E-state index < -0.39 is 10.0 Å². The maximum atomic E-state index is 12.7. The topological polar surface area (TPSA) is 149 Å². The molecule has 0 radical (unpaired) electrons. The Bertz CT molecular complexity index is 1640. The Morgan fingerprint density at radius 1 is 1.17 bits per heavy atom. The van der Waals surface area contributed by atoms with Crippen molar-refractivity contribution < 1.29 is 17.7 Å². The molecule has 0 bridgehead atoms. The first-order valence-corrected chi connectivity index (χ1v) is 12.3. The van der Waals surface area contributed by atoms with Crippen molar-refractivity contribution in [1.82, 2.24) is 24.9 Å². The number of ether oxygens (including phenoxy) is 1. The normalized spacial score (nSPS) is 11.2. The zero-order chi connectivity index (χ0) is 24.4. The SMILES string of the molecule is Cn1nccc1-c1nc(-c2cnoc2)ccc1Oc1ccc(S(=O)(=O)Nc2nccs2)cc1C#N. The second-order valence-electron chi connectivity index (χ2n) is 7.11. The number of aromatic nitrogens is 5. The van der Waals surface area contributed by atoms with E-state index in [1.807, 2.05) is 6.07 Å². The van der Waals surface area contributed by atoms with Gasteiger partial charge in [-0.1, -0.05) is 5.16 Å². The van der Waals surface area contributed by atoms with Crippen LogP contribution in [-0.2, 0) is 17.1 Å². The van der Waals surface area contributed by atoms with Gasteiger partial charge in [0, 0.05) is 24.8 Å². The van der Waals surface area contributed by atoms with E-state index in [9.17, 15) is 13.7 Å². The van der Waals surface area contributed by atoms with E-state index in [-0.39, 0.29) is 21.3 Å². The van der Waals surface area contributed by atoms with Gasteiger partial charge < -0.3 is 9.26 Å². The summed E-state index contributed by atoms with van der Waals surface area (Å²) in [5.74, 6) is 0.519. The average molecular weight is 506 g/mol. The first kappa shape index (κ1) is 22.3. The Hall–Kier alpha value is -4.54. The Morgan fingerprint density at radius 2 is 2.03 bits per heavy atom. The number of hydrogen-bond acceptors (Lipinski definition) is 10. The molecule has 174 valence electrons. The standard InChI is InChI=1S/C22H15N7O4S2/c1-29-18(6-7-25-29)21-20(5-3-17(27-21)15-12-26-32-13-15)33-19-4-2-16(10-14(19)11-23)35(30,31)28-22-24-8-9-34-22/h2-10,12-13H,1H3,(H,24,28). The number of thiazole rings is 1. The van der Waals surface area contributed by atoms with Crippen LogP contribution in [0.4, 0.5) is 5.13 Å². The molecular formula is C22H15N7O4S2. The van der Waals surface area contributed by atoms with Gasteiger partial charge in [-0.15, -0.1) is 11.3 Å². The number of aryl methyl sites for hydroxylation is 1. The lowest BCUT2D eigenvalue weighted by atomic mass is 10.1. The minimum Gasteiger partial charge on any atom is -0.454 e. The number of anilines is 1. The van der Waals surface area contributed by atoms with E-state index in [0.29, 0.717) is 28.4 Å².